The second-order valence-corrected chi connectivity index (χ2v) is 3.64. The molecule has 0 aliphatic heterocycles. The van der Waals surface area contributed by atoms with Crippen LogP contribution in [0.15, 0.2) is 0 Å². The molecule has 0 amide bonds. The number of hydrogen-bond donors (Lipinski definition) is 0. The molecule has 0 aromatic heterocycles. The van der Waals surface area contributed by atoms with E-state index in [0.717, 1.165) is 0 Å². The summed E-state index contributed by atoms with van der Waals surface area (Å²) >= 11 is 0. The minimum Gasteiger partial charge on any atom is -0.469 e. The largest absolute Gasteiger partial charge is 0.469 e. The molecule has 86 valence electrons. The molecule has 0 heterocycles. The lowest BCUT2D eigenvalue weighted by Crippen LogP contribution is -2.61. The number of hydrogen-bond acceptors (Lipinski definition) is 5. The van der Waals surface area contributed by atoms with Gasteiger partial charge in [-0.1, -0.05) is 0 Å². The van der Waals surface area contributed by atoms with Crippen molar-refractivity contribution in [3.63, 3.8) is 0 Å². The minimum atomic E-state index is -0.954. The topological polar surface area (TPSA) is 61.8 Å². The molecule has 2 unspecified atom stereocenters. The van der Waals surface area contributed by atoms with Gasteiger partial charge < -0.3 is 14.2 Å². The molecular weight excluding hydrogens is 200 g/mol. The second kappa shape index (κ2) is 4.28. The van der Waals surface area contributed by atoms with Crippen molar-refractivity contribution in [2.45, 2.75) is 19.1 Å². The first kappa shape index (κ1) is 12.1. The van der Waals surface area contributed by atoms with Crippen molar-refractivity contribution in [3.05, 3.63) is 0 Å². The molecule has 0 aromatic carbocycles. The summed E-state index contributed by atoms with van der Waals surface area (Å²) in [5.74, 6) is -2.49. The summed E-state index contributed by atoms with van der Waals surface area (Å²) < 4.78 is 15.0. The Labute approximate surface area is 88.7 Å². The third-order valence-corrected chi connectivity index (χ3v) is 3.01. The number of esters is 1. The quantitative estimate of drug-likeness (QED) is 0.502. The maximum atomic E-state index is 11.4. The highest BCUT2D eigenvalue weighted by atomic mass is 16.7. The average molecular weight is 216 g/mol. The van der Waals surface area contributed by atoms with Crippen LogP contribution >= 0.6 is 0 Å². The van der Waals surface area contributed by atoms with Crippen LogP contribution in [-0.4, -0.2) is 38.9 Å². The Kier molecular flexibility index (Phi) is 3.46. The van der Waals surface area contributed by atoms with Crippen molar-refractivity contribution in [2.24, 2.45) is 11.8 Å². The van der Waals surface area contributed by atoms with Crippen molar-refractivity contribution in [3.8, 4) is 0 Å². The normalized spacial score (nSPS) is 28.0. The monoisotopic (exact) mass is 216 g/mol. The Morgan fingerprint density at radius 2 is 1.73 bits per heavy atom. The molecule has 0 saturated heterocycles. The van der Waals surface area contributed by atoms with Crippen LogP contribution < -0.4 is 0 Å². The Bertz CT molecular complexity index is 269. The van der Waals surface area contributed by atoms with Gasteiger partial charge in [-0.15, -0.1) is 0 Å². The van der Waals surface area contributed by atoms with Gasteiger partial charge in [-0.2, -0.15) is 0 Å². The highest BCUT2D eigenvalue weighted by Gasteiger charge is 2.61. The van der Waals surface area contributed by atoms with Crippen LogP contribution in [0.3, 0.4) is 0 Å². The van der Waals surface area contributed by atoms with Crippen LogP contribution in [0.2, 0.25) is 0 Å². The van der Waals surface area contributed by atoms with E-state index in [1.165, 1.54) is 28.3 Å². The summed E-state index contributed by atoms with van der Waals surface area (Å²) in [6, 6.07) is 0. The van der Waals surface area contributed by atoms with Crippen molar-refractivity contribution in [1.82, 2.24) is 0 Å². The van der Waals surface area contributed by atoms with Crippen molar-refractivity contribution >= 4 is 11.8 Å². The average Bonchev–Trinajstić information content (AvgIpc) is 2.17. The van der Waals surface area contributed by atoms with E-state index >= 15 is 0 Å². The minimum absolute atomic E-state index is 0.125. The summed E-state index contributed by atoms with van der Waals surface area (Å²) in [6.45, 7) is 1.42. The first-order chi connectivity index (χ1) is 7.02. The third-order valence-electron chi connectivity index (χ3n) is 3.01. The molecular formula is C10H16O5. The van der Waals surface area contributed by atoms with E-state index < -0.39 is 17.6 Å². The highest BCUT2D eigenvalue weighted by Crippen LogP contribution is 2.47. The highest BCUT2D eigenvalue weighted by molar-refractivity contribution is 5.88. The summed E-state index contributed by atoms with van der Waals surface area (Å²) in [5.41, 5.74) is 0. The Morgan fingerprint density at radius 3 is 2.07 bits per heavy atom. The summed E-state index contributed by atoms with van der Waals surface area (Å²) in [4.78, 5) is 22.8. The molecule has 5 nitrogen and oxygen atoms in total. The van der Waals surface area contributed by atoms with E-state index in [-0.39, 0.29) is 11.8 Å². The molecule has 1 aliphatic rings. The molecule has 1 aliphatic carbocycles. The fourth-order valence-electron chi connectivity index (χ4n) is 2.17. The number of carbonyl (C=O) groups excluding carboxylic acids is 2. The summed E-state index contributed by atoms with van der Waals surface area (Å²) in [6.07, 6.45) is 0.358. The van der Waals surface area contributed by atoms with Crippen LogP contribution in [-0.2, 0) is 23.8 Å². The molecule has 1 saturated carbocycles. The molecule has 0 N–H and O–H groups in total. The van der Waals surface area contributed by atoms with Gasteiger partial charge >= 0.3 is 5.97 Å². The Morgan fingerprint density at radius 1 is 1.20 bits per heavy atom. The molecule has 15 heavy (non-hydrogen) atoms. The van der Waals surface area contributed by atoms with Gasteiger partial charge in [-0.3, -0.25) is 9.59 Å². The van der Waals surface area contributed by atoms with E-state index in [4.69, 9.17) is 9.47 Å². The standard InChI is InChI=1S/C10H16O5/c1-6(11)8-7(9(12)13-2)5-10(8,14-3)15-4/h7-8H,5H2,1-4H3. The van der Waals surface area contributed by atoms with Gasteiger partial charge in [0.1, 0.15) is 5.78 Å². The SMILES string of the molecule is COC(=O)C1CC(OC)(OC)C1C(C)=O. The predicted octanol–water partition coefficient (Wildman–Crippen LogP) is 0.374. The van der Waals surface area contributed by atoms with Crippen LogP contribution in [0.1, 0.15) is 13.3 Å². The van der Waals surface area contributed by atoms with Gasteiger partial charge in [0.2, 0.25) is 0 Å². The number of ether oxygens (including phenoxy) is 3. The maximum Gasteiger partial charge on any atom is 0.309 e. The van der Waals surface area contributed by atoms with Gasteiger partial charge in [0.05, 0.1) is 18.9 Å². The van der Waals surface area contributed by atoms with Gasteiger partial charge in [-0.25, -0.2) is 0 Å². The Balaban J connectivity index is 2.85. The summed E-state index contributed by atoms with van der Waals surface area (Å²) in [7, 11) is 4.24. The fraction of sp³-hybridized carbons (Fsp3) is 0.800. The molecule has 1 fully saturated rings. The smallest absolute Gasteiger partial charge is 0.309 e. The lowest BCUT2D eigenvalue weighted by atomic mass is 9.66. The molecule has 0 radical (unpaired) electrons. The maximum absolute atomic E-state index is 11.4. The predicted molar refractivity (Wildman–Crippen MR) is 51.0 cm³/mol. The zero-order valence-electron chi connectivity index (χ0n) is 9.40. The van der Waals surface area contributed by atoms with Crippen molar-refractivity contribution in [2.75, 3.05) is 21.3 Å². The fourth-order valence-corrected chi connectivity index (χ4v) is 2.17. The third kappa shape index (κ3) is 1.77. The molecule has 2 atom stereocenters. The first-order valence-electron chi connectivity index (χ1n) is 4.71. The van der Waals surface area contributed by atoms with Crippen LogP contribution in [0.4, 0.5) is 0 Å². The number of Topliss-reactive ketones (excluding diaryl/α,β-unsaturated/α-hetero) is 1. The van der Waals surface area contributed by atoms with Gasteiger partial charge in [0, 0.05) is 20.6 Å². The van der Waals surface area contributed by atoms with Crippen molar-refractivity contribution < 1.29 is 23.8 Å². The van der Waals surface area contributed by atoms with Gasteiger partial charge in [0.25, 0.3) is 0 Å². The van der Waals surface area contributed by atoms with E-state index in [0.29, 0.717) is 6.42 Å². The molecule has 0 bridgehead atoms. The Hall–Kier alpha value is -0.940. The van der Waals surface area contributed by atoms with Gasteiger partial charge in [0.15, 0.2) is 5.79 Å². The zero-order valence-corrected chi connectivity index (χ0v) is 9.40. The molecule has 1 rings (SSSR count). The van der Waals surface area contributed by atoms with Crippen molar-refractivity contribution in [1.29, 1.82) is 0 Å². The van der Waals surface area contributed by atoms with Crippen LogP contribution in [0.25, 0.3) is 0 Å². The van der Waals surface area contributed by atoms with Gasteiger partial charge in [-0.05, 0) is 6.92 Å². The molecule has 5 heteroatoms. The summed E-state index contributed by atoms with van der Waals surface area (Å²) in [5, 5.41) is 0. The number of methoxy groups -OCH3 is 3. The number of carbonyl (C=O) groups is 2. The zero-order chi connectivity index (χ0) is 11.6. The van der Waals surface area contributed by atoms with E-state index in [1.54, 1.807) is 0 Å². The lowest BCUT2D eigenvalue weighted by Gasteiger charge is -2.49. The molecule has 0 spiro atoms. The number of rotatable bonds is 4. The lowest BCUT2D eigenvalue weighted by molar-refractivity contribution is -0.299. The first-order valence-corrected chi connectivity index (χ1v) is 4.71. The van der Waals surface area contributed by atoms with E-state index in [1.807, 2.05) is 0 Å². The van der Waals surface area contributed by atoms with E-state index in [9.17, 15) is 9.59 Å². The van der Waals surface area contributed by atoms with Crippen LogP contribution in [0, 0.1) is 11.8 Å². The molecule has 0 aromatic rings. The number of ketones is 1. The van der Waals surface area contributed by atoms with Crippen LogP contribution in [0.5, 0.6) is 0 Å². The second-order valence-electron chi connectivity index (χ2n) is 3.64. The van der Waals surface area contributed by atoms with E-state index in [2.05, 4.69) is 4.74 Å².